The molecule has 1 rings (SSSR count). The van der Waals surface area contributed by atoms with Gasteiger partial charge in [0.15, 0.2) is 0 Å². The molecule has 2 unspecified atom stereocenters. The first-order valence-corrected chi connectivity index (χ1v) is 8.13. The molecule has 5 nitrogen and oxygen atoms in total. The van der Waals surface area contributed by atoms with Crippen LogP contribution in [0.5, 0.6) is 0 Å². The molecule has 1 N–H and O–H groups in total. The summed E-state index contributed by atoms with van der Waals surface area (Å²) in [4.78, 5) is 23.8. The minimum atomic E-state index is -0.301. The number of aliphatic hydroxyl groups is 1. The van der Waals surface area contributed by atoms with Gasteiger partial charge in [-0.05, 0) is 25.7 Å². The van der Waals surface area contributed by atoms with Crippen molar-refractivity contribution < 1.29 is 24.2 Å². The summed E-state index contributed by atoms with van der Waals surface area (Å²) in [6.07, 6.45) is 7.22. The van der Waals surface area contributed by atoms with E-state index in [9.17, 15) is 9.59 Å². The molecule has 122 valence electrons. The van der Waals surface area contributed by atoms with Gasteiger partial charge in [-0.25, -0.2) is 0 Å². The number of carbonyl (C=O) groups is 2. The van der Waals surface area contributed by atoms with Crippen molar-refractivity contribution in [2.75, 3.05) is 19.8 Å². The molecular formula is C16H28O5. The molecule has 0 spiro atoms. The maximum Gasteiger partial charge on any atom is 0.309 e. The van der Waals surface area contributed by atoms with Gasteiger partial charge in [0.1, 0.15) is 6.61 Å². The van der Waals surface area contributed by atoms with Crippen molar-refractivity contribution >= 4 is 11.9 Å². The van der Waals surface area contributed by atoms with Crippen LogP contribution in [-0.4, -0.2) is 36.9 Å². The van der Waals surface area contributed by atoms with E-state index >= 15 is 0 Å². The van der Waals surface area contributed by atoms with Crippen LogP contribution in [0.1, 0.15) is 58.3 Å². The third-order valence-electron chi connectivity index (χ3n) is 3.92. The Balaban J connectivity index is 2.27. The molecule has 0 radical (unpaired) electrons. The van der Waals surface area contributed by atoms with Crippen LogP contribution in [0.3, 0.4) is 0 Å². The Hall–Kier alpha value is -1.10. The smallest absolute Gasteiger partial charge is 0.309 e. The highest BCUT2D eigenvalue weighted by Gasteiger charge is 2.32. The second-order valence-electron chi connectivity index (χ2n) is 5.68. The first-order valence-electron chi connectivity index (χ1n) is 8.13. The van der Waals surface area contributed by atoms with E-state index in [1.165, 1.54) is 6.42 Å². The van der Waals surface area contributed by atoms with Gasteiger partial charge in [0.25, 0.3) is 0 Å². The molecule has 2 atom stereocenters. The Labute approximate surface area is 127 Å². The van der Waals surface area contributed by atoms with Crippen molar-refractivity contribution in [3.05, 3.63) is 0 Å². The van der Waals surface area contributed by atoms with Crippen LogP contribution in [-0.2, 0) is 19.1 Å². The van der Waals surface area contributed by atoms with Crippen LogP contribution in [0.25, 0.3) is 0 Å². The second kappa shape index (κ2) is 10.6. The van der Waals surface area contributed by atoms with Crippen molar-refractivity contribution in [3.63, 3.8) is 0 Å². The molecule has 1 fully saturated rings. The average Bonchev–Trinajstić information content (AvgIpc) is 2.52. The lowest BCUT2D eigenvalue weighted by Crippen LogP contribution is -2.30. The summed E-state index contributed by atoms with van der Waals surface area (Å²) >= 11 is 0. The van der Waals surface area contributed by atoms with E-state index in [-0.39, 0.29) is 37.0 Å². The van der Waals surface area contributed by atoms with Crippen LogP contribution >= 0.6 is 0 Å². The quantitative estimate of drug-likeness (QED) is 0.523. The van der Waals surface area contributed by atoms with Gasteiger partial charge in [-0.15, -0.1) is 0 Å². The molecule has 1 saturated carbocycles. The number of rotatable bonds is 9. The Morgan fingerprint density at radius 2 is 1.62 bits per heavy atom. The van der Waals surface area contributed by atoms with Gasteiger partial charge in [0.05, 0.1) is 25.0 Å². The minimum Gasteiger partial charge on any atom is -0.465 e. The van der Waals surface area contributed by atoms with Crippen LogP contribution in [0, 0.1) is 11.8 Å². The summed E-state index contributed by atoms with van der Waals surface area (Å²) in [5.74, 6) is -0.893. The molecule has 1 aliphatic carbocycles. The van der Waals surface area contributed by atoms with E-state index in [0.717, 1.165) is 38.5 Å². The molecule has 21 heavy (non-hydrogen) atoms. The molecule has 0 bridgehead atoms. The second-order valence-corrected chi connectivity index (χ2v) is 5.68. The van der Waals surface area contributed by atoms with Gasteiger partial charge >= 0.3 is 11.9 Å². The monoisotopic (exact) mass is 300 g/mol. The number of aliphatic hydroxyl groups excluding tert-OH is 1. The van der Waals surface area contributed by atoms with Crippen molar-refractivity contribution in [3.8, 4) is 0 Å². The van der Waals surface area contributed by atoms with Crippen LogP contribution in [0.2, 0.25) is 0 Å². The molecule has 0 heterocycles. The van der Waals surface area contributed by atoms with Crippen molar-refractivity contribution in [1.29, 1.82) is 0 Å². The van der Waals surface area contributed by atoms with E-state index in [4.69, 9.17) is 14.6 Å². The lowest BCUT2D eigenvalue weighted by Gasteiger charge is -2.26. The largest absolute Gasteiger partial charge is 0.465 e. The van der Waals surface area contributed by atoms with Gasteiger partial charge in [-0.3, -0.25) is 9.59 Å². The topological polar surface area (TPSA) is 72.8 Å². The number of carbonyl (C=O) groups excluding carboxylic acids is 2. The third-order valence-corrected chi connectivity index (χ3v) is 3.92. The predicted molar refractivity (Wildman–Crippen MR) is 78.6 cm³/mol. The van der Waals surface area contributed by atoms with Crippen molar-refractivity contribution in [2.24, 2.45) is 11.8 Å². The third kappa shape index (κ3) is 6.93. The van der Waals surface area contributed by atoms with Crippen molar-refractivity contribution in [2.45, 2.75) is 58.3 Å². The number of unbranched alkanes of at least 4 members (excludes halogenated alkanes) is 3. The fourth-order valence-corrected chi connectivity index (χ4v) is 2.70. The van der Waals surface area contributed by atoms with Crippen molar-refractivity contribution in [1.82, 2.24) is 0 Å². The van der Waals surface area contributed by atoms with Crippen LogP contribution < -0.4 is 0 Å². The summed E-state index contributed by atoms with van der Waals surface area (Å²) in [6, 6.07) is 0. The Morgan fingerprint density at radius 1 is 1.00 bits per heavy atom. The fraction of sp³-hybridized carbons (Fsp3) is 0.875. The van der Waals surface area contributed by atoms with E-state index in [0.29, 0.717) is 13.0 Å². The number of hydrogen-bond acceptors (Lipinski definition) is 5. The van der Waals surface area contributed by atoms with Gasteiger partial charge in [0, 0.05) is 0 Å². The van der Waals surface area contributed by atoms with Crippen LogP contribution in [0.15, 0.2) is 0 Å². The minimum absolute atomic E-state index is 0.0296. The van der Waals surface area contributed by atoms with E-state index < -0.39 is 0 Å². The van der Waals surface area contributed by atoms with Gasteiger partial charge in [-0.1, -0.05) is 32.6 Å². The van der Waals surface area contributed by atoms with Gasteiger partial charge < -0.3 is 14.6 Å². The highest BCUT2D eigenvalue weighted by Crippen LogP contribution is 2.30. The molecule has 0 aromatic rings. The lowest BCUT2D eigenvalue weighted by molar-refractivity contribution is -0.155. The molecule has 0 aromatic carbocycles. The molecule has 0 aliphatic heterocycles. The zero-order valence-electron chi connectivity index (χ0n) is 13.0. The Bertz CT molecular complexity index is 316. The molecule has 1 aliphatic rings. The molecule has 0 saturated heterocycles. The van der Waals surface area contributed by atoms with Crippen LogP contribution in [0.4, 0.5) is 0 Å². The van der Waals surface area contributed by atoms with Gasteiger partial charge in [0.2, 0.25) is 0 Å². The zero-order valence-corrected chi connectivity index (χ0v) is 13.0. The maximum absolute atomic E-state index is 12.0. The van der Waals surface area contributed by atoms with E-state index in [1.54, 1.807) is 0 Å². The number of hydrogen-bond donors (Lipinski definition) is 1. The first kappa shape index (κ1) is 18.0. The maximum atomic E-state index is 12.0. The highest BCUT2D eigenvalue weighted by atomic mass is 16.5. The van der Waals surface area contributed by atoms with E-state index in [1.807, 2.05) is 0 Å². The number of ether oxygens (including phenoxy) is 2. The molecule has 0 amide bonds. The predicted octanol–water partition coefficient (Wildman–Crippen LogP) is 2.45. The normalized spacial score (nSPS) is 21.8. The first-order chi connectivity index (χ1) is 10.2. The Morgan fingerprint density at radius 3 is 2.19 bits per heavy atom. The summed E-state index contributed by atoms with van der Waals surface area (Å²) in [5, 5.41) is 8.66. The summed E-state index contributed by atoms with van der Waals surface area (Å²) in [6.45, 7) is 2.49. The summed E-state index contributed by atoms with van der Waals surface area (Å²) < 4.78 is 10.2. The summed E-state index contributed by atoms with van der Waals surface area (Å²) in [7, 11) is 0. The molecular weight excluding hydrogens is 272 g/mol. The summed E-state index contributed by atoms with van der Waals surface area (Å²) in [5.41, 5.74) is 0. The SMILES string of the molecule is CCCCCCOC(=O)C1CCCC(C(=O)OCCO)C1. The molecule has 0 aromatic heterocycles. The Kier molecular flexibility index (Phi) is 9.06. The fourth-order valence-electron chi connectivity index (χ4n) is 2.70. The average molecular weight is 300 g/mol. The lowest BCUT2D eigenvalue weighted by atomic mass is 9.81. The number of esters is 2. The molecule has 5 heteroatoms. The van der Waals surface area contributed by atoms with E-state index in [2.05, 4.69) is 6.92 Å². The zero-order chi connectivity index (χ0) is 15.5. The highest BCUT2D eigenvalue weighted by molar-refractivity contribution is 5.76. The standard InChI is InChI=1S/C16H28O5/c1-2-3-4-5-10-20-15(18)13-7-6-8-14(12-13)16(19)21-11-9-17/h13-14,17H,2-12H2,1H3. The van der Waals surface area contributed by atoms with Gasteiger partial charge in [-0.2, -0.15) is 0 Å².